The molecule has 1 fully saturated rings. The molecular weight excluding hydrogens is 248 g/mol. The Labute approximate surface area is 113 Å². The number of halogens is 1. The highest BCUT2D eigenvalue weighted by Gasteiger charge is 2.37. The first-order valence-corrected chi connectivity index (χ1v) is 7.12. The molecule has 1 aromatic carbocycles. The van der Waals surface area contributed by atoms with Crippen molar-refractivity contribution in [3.63, 3.8) is 0 Å². The monoisotopic (exact) mass is 266 g/mol. The Hall–Kier alpha value is -0.730. The predicted molar refractivity (Wildman–Crippen MR) is 72.4 cm³/mol. The molecule has 0 radical (unpaired) electrons. The van der Waals surface area contributed by atoms with E-state index in [-0.39, 0.29) is 11.7 Å². The van der Waals surface area contributed by atoms with Crippen molar-refractivity contribution >= 4 is 11.6 Å². The first-order chi connectivity index (χ1) is 8.61. The first kappa shape index (κ1) is 12.3. The summed E-state index contributed by atoms with van der Waals surface area (Å²) >= 11 is 6.04. The van der Waals surface area contributed by atoms with Crippen molar-refractivity contribution in [1.29, 1.82) is 0 Å². The number of rotatable bonds is 2. The molecule has 3 rings (SSSR count). The maximum atomic E-state index is 6.11. The summed E-state index contributed by atoms with van der Waals surface area (Å²) in [6, 6.07) is 6.37. The van der Waals surface area contributed by atoms with Gasteiger partial charge in [0.25, 0.3) is 0 Å². The Morgan fingerprint density at radius 1 is 1.39 bits per heavy atom. The van der Waals surface area contributed by atoms with Gasteiger partial charge in [0, 0.05) is 30.4 Å². The molecule has 0 amide bonds. The average molecular weight is 267 g/mol. The van der Waals surface area contributed by atoms with E-state index in [1.165, 1.54) is 11.1 Å². The van der Waals surface area contributed by atoms with E-state index in [4.69, 9.17) is 21.1 Å². The fourth-order valence-electron chi connectivity index (χ4n) is 3.00. The van der Waals surface area contributed by atoms with Crippen LogP contribution in [0.2, 0.25) is 0 Å². The van der Waals surface area contributed by atoms with Crippen LogP contribution in [0.15, 0.2) is 18.2 Å². The average Bonchev–Trinajstić information content (AvgIpc) is 2.89. The largest absolute Gasteiger partial charge is 0.487 e. The van der Waals surface area contributed by atoms with Crippen LogP contribution < -0.4 is 4.74 Å². The Bertz CT molecular complexity index is 456. The van der Waals surface area contributed by atoms with E-state index in [1.54, 1.807) is 0 Å². The minimum atomic E-state index is -0.104. The minimum Gasteiger partial charge on any atom is -0.487 e. The number of para-hydroxylation sites is 1. The molecule has 2 atom stereocenters. The van der Waals surface area contributed by atoms with Crippen molar-refractivity contribution in [2.75, 3.05) is 12.5 Å². The number of ether oxygens (including phenoxy) is 2. The van der Waals surface area contributed by atoms with Gasteiger partial charge in [-0.15, -0.1) is 11.6 Å². The molecule has 2 nitrogen and oxygen atoms in total. The van der Waals surface area contributed by atoms with Crippen molar-refractivity contribution in [3.05, 3.63) is 29.3 Å². The third-order valence-corrected chi connectivity index (χ3v) is 4.24. The standard InChI is InChI=1S/C15H19ClO2/c1-15(2)8-10-4-3-5-12(14(10)18-15)13-11(9-16)6-7-17-13/h3-5,11,13H,6-9H2,1-2H3. The van der Waals surface area contributed by atoms with E-state index in [9.17, 15) is 0 Å². The normalized spacial score (nSPS) is 29.1. The molecule has 2 heterocycles. The van der Waals surface area contributed by atoms with Gasteiger partial charge in [0.2, 0.25) is 0 Å². The molecule has 0 aliphatic carbocycles. The quantitative estimate of drug-likeness (QED) is 0.760. The topological polar surface area (TPSA) is 18.5 Å². The number of alkyl halides is 1. The molecule has 0 N–H and O–H groups in total. The molecule has 18 heavy (non-hydrogen) atoms. The molecule has 1 aromatic rings. The zero-order chi connectivity index (χ0) is 12.8. The molecule has 98 valence electrons. The summed E-state index contributed by atoms with van der Waals surface area (Å²) in [5.41, 5.74) is 2.37. The maximum absolute atomic E-state index is 6.11. The van der Waals surface area contributed by atoms with Gasteiger partial charge < -0.3 is 9.47 Å². The molecule has 2 aliphatic rings. The van der Waals surface area contributed by atoms with Crippen LogP contribution in [0.5, 0.6) is 5.75 Å². The van der Waals surface area contributed by atoms with E-state index in [0.717, 1.165) is 25.2 Å². The van der Waals surface area contributed by atoms with E-state index < -0.39 is 0 Å². The summed E-state index contributed by atoms with van der Waals surface area (Å²) in [5.74, 6) is 2.09. The first-order valence-electron chi connectivity index (χ1n) is 6.59. The second-order valence-corrected chi connectivity index (χ2v) is 6.18. The van der Waals surface area contributed by atoms with E-state index in [1.807, 2.05) is 0 Å². The fourth-order valence-corrected chi connectivity index (χ4v) is 3.32. The van der Waals surface area contributed by atoms with Crippen molar-refractivity contribution in [1.82, 2.24) is 0 Å². The lowest BCUT2D eigenvalue weighted by Crippen LogP contribution is -2.25. The zero-order valence-corrected chi connectivity index (χ0v) is 11.7. The lowest BCUT2D eigenvalue weighted by molar-refractivity contribution is 0.0857. The van der Waals surface area contributed by atoms with Gasteiger partial charge in [-0.1, -0.05) is 18.2 Å². The summed E-state index contributed by atoms with van der Waals surface area (Å²) in [7, 11) is 0. The molecule has 2 unspecified atom stereocenters. The Morgan fingerprint density at radius 2 is 2.22 bits per heavy atom. The van der Waals surface area contributed by atoms with Crippen LogP contribution in [0, 0.1) is 5.92 Å². The number of fused-ring (bicyclic) bond motifs is 1. The third-order valence-electron chi connectivity index (χ3n) is 3.84. The van der Waals surface area contributed by atoms with Crippen LogP contribution in [0.4, 0.5) is 0 Å². The van der Waals surface area contributed by atoms with Gasteiger partial charge in [0.05, 0.1) is 6.10 Å². The lowest BCUT2D eigenvalue weighted by atomic mass is 9.94. The van der Waals surface area contributed by atoms with Crippen LogP contribution in [0.3, 0.4) is 0 Å². The van der Waals surface area contributed by atoms with Crippen LogP contribution >= 0.6 is 11.6 Å². The van der Waals surface area contributed by atoms with Gasteiger partial charge in [0.1, 0.15) is 11.4 Å². The van der Waals surface area contributed by atoms with E-state index >= 15 is 0 Å². The molecule has 0 aromatic heterocycles. The van der Waals surface area contributed by atoms with Gasteiger partial charge in [-0.3, -0.25) is 0 Å². The summed E-state index contributed by atoms with van der Waals surface area (Å²) < 4.78 is 12.0. The summed E-state index contributed by atoms with van der Waals surface area (Å²) in [5, 5.41) is 0. The highest BCUT2D eigenvalue weighted by Crippen LogP contribution is 2.45. The van der Waals surface area contributed by atoms with Crippen molar-refractivity contribution in [2.45, 2.75) is 38.4 Å². The molecule has 2 aliphatic heterocycles. The lowest BCUT2D eigenvalue weighted by Gasteiger charge is -2.22. The predicted octanol–water partition coefficient (Wildman–Crippen LogP) is 3.72. The number of hydrogen-bond acceptors (Lipinski definition) is 2. The SMILES string of the molecule is CC1(C)Cc2cccc(C3OCCC3CCl)c2O1. The second-order valence-electron chi connectivity index (χ2n) is 5.87. The second kappa shape index (κ2) is 4.43. The third kappa shape index (κ3) is 2.02. The van der Waals surface area contributed by atoms with Gasteiger partial charge in [0.15, 0.2) is 0 Å². The summed E-state index contributed by atoms with van der Waals surface area (Å²) in [6.45, 7) is 5.06. The van der Waals surface area contributed by atoms with Gasteiger partial charge in [-0.05, 0) is 25.8 Å². The van der Waals surface area contributed by atoms with Crippen molar-refractivity contribution < 1.29 is 9.47 Å². The molecular formula is C15H19ClO2. The van der Waals surface area contributed by atoms with Crippen LogP contribution in [0.25, 0.3) is 0 Å². The van der Waals surface area contributed by atoms with Crippen LogP contribution in [-0.2, 0) is 11.2 Å². The Morgan fingerprint density at radius 3 is 3.00 bits per heavy atom. The molecule has 0 spiro atoms. The fraction of sp³-hybridized carbons (Fsp3) is 0.600. The van der Waals surface area contributed by atoms with Gasteiger partial charge in [-0.25, -0.2) is 0 Å². The van der Waals surface area contributed by atoms with Crippen molar-refractivity contribution in [3.8, 4) is 5.75 Å². The van der Waals surface area contributed by atoms with Crippen molar-refractivity contribution in [2.24, 2.45) is 5.92 Å². The van der Waals surface area contributed by atoms with Gasteiger partial charge >= 0.3 is 0 Å². The summed E-state index contributed by atoms with van der Waals surface area (Å²) in [6.07, 6.45) is 2.11. The highest BCUT2D eigenvalue weighted by molar-refractivity contribution is 6.18. The minimum absolute atomic E-state index is 0.103. The Kier molecular flexibility index (Phi) is 3.03. The van der Waals surface area contributed by atoms with E-state index in [0.29, 0.717) is 11.8 Å². The molecule has 0 bridgehead atoms. The molecule has 3 heteroatoms. The Balaban J connectivity index is 1.97. The maximum Gasteiger partial charge on any atom is 0.129 e. The number of benzene rings is 1. The number of hydrogen-bond donors (Lipinski definition) is 0. The van der Waals surface area contributed by atoms with Crippen LogP contribution in [0.1, 0.15) is 37.5 Å². The van der Waals surface area contributed by atoms with Crippen LogP contribution in [-0.4, -0.2) is 18.1 Å². The van der Waals surface area contributed by atoms with E-state index in [2.05, 4.69) is 32.0 Å². The highest BCUT2D eigenvalue weighted by atomic mass is 35.5. The van der Waals surface area contributed by atoms with Gasteiger partial charge in [-0.2, -0.15) is 0 Å². The smallest absolute Gasteiger partial charge is 0.129 e. The summed E-state index contributed by atoms with van der Waals surface area (Å²) in [4.78, 5) is 0. The molecule has 1 saturated heterocycles. The molecule has 0 saturated carbocycles. The zero-order valence-electron chi connectivity index (χ0n) is 10.9.